The molecule has 0 amide bonds. The molecule has 0 atom stereocenters. The third-order valence-electron chi connectivity index (χ3n) is 3.45. The highest BCUT2D eigenvalue weighted by molar-refractivity contribution is 6.23. The lowest BCUT2D eigenvalue weighted by Crippen LogP contribution is -2.37. The summed E-state index contributed by atoms with van der Waals surface area (Å²) in [6.45, 7) is 8.17. The summed E-state index contributed by atoms with van der Waals surface area (Å²) in [5, 5.41) is 16.4. The van der Waals surface area contributed by atoms with E-state index >= 15 is 0 Å². The molecule has 22 heavy (non-hydrogen) atoms. The van der Waals surface area contributed by atoms with Gasteiger partial charge in [0, 0.05) is 32.3 Å². The van der Waals surface area contributed by atoms with Gasteiger partial charge in [-0.05, 0) is 39.4 Å². The van der Waals surface area contributed by atoms with Gasteiger partial charge in [-0.15, -0.1) is 0 Å². The number of aromatic nitrogens is 2. The van der Waals surface area contributed by atoms with Crippen molar-refractivity contribution < 1.29 is 14.6 Å². The van der Waals surface area contributed by atoms with Crippen LogP contribution in [0.4, 0.5) is 0 Å². The average molecular weight is 310 g/mol. The van der Waals surface area contributed by atoms with Gasteiger partial charge in [0.25, 0.3) is 0 Å². The van der Waals surface area contributed by atoms with Crippen molar-refractivity contribution >= 4 is 13.6 Å². The zero-order chi connectivity index (χ0) is 16.4. The molecule has 0 fully saturated rings. The molecule has 1 rings (SSSR count). The summed E-state index contributed by atoms with van der Waals surface area (Å²) in [6, 6.07) is 2.06. The second kappa shape index (κ2) is 10.4. The fraction of sp³-hybridized carbons (Fsp3) is 0.714. The predicted molar refractivity (Wildman–Crippen MR) is 87.2 cm³/mol. The van der Waals surface area contributed by atoms with Gasteiger partial charge in [0.1, 0.15) is 0 Å². The maximum absolute atomic E-state index is 10.6. The quantitative estimate of drug-likeness (QED) is 0.423. The number of carboxylic acids is 1. The van der Waals surface area contributed by atoms with Crippen LogP contribution in [0.2, 0.25) is 0 Å². The van der Waals surface area contributed by atoms with Gasteiger partial charge >= 0.3 is 13.6 Å². The number of nitrogens with one attached hydrogen (secondary N) is 1. The van der Waals surface area contributed by atoms with E-state index in [1.54, 1.807) is 7.11 Å². The maximum atomic E-state index is 10.6. The molecule has 2 N–H and O–H groups in total. The molecule has 1 aromatic heterocycles. The number of aryl methyl sites for hydroxylation is 2. The Labute approximate surface area is 132 Å². The van der Waals surface area contributed by atoms with Gasteiger partial charge in [0.05, 0.1) is 12.2 Å². The molecule has 0 unspecified atom stereocenters. The summed E-state index contributed by atoms with van der Waals surface area (Å²) in [7, 11) is 2.18. The lowest BCUT2D eigenvalue weighted by atomic mass is 10.2. The van der Waals surface area contributed by atoms with Crippen molar-refractivity contribution in [2.75, 3.05) is 33.3 Å². The lowest BCUT2D eigenvalue weighted by molar-refractivity contribution is -0.137. The van der Waals surface area contributed by atoms with Crippen molar-refractivity contribution in [2.24, 2.45) is 0 Å². The van der Waals surface area contributed by atoms with Crippen LogP contribution in [0.5, 0.6) is 0 Å². The topological polar surface area (TPSA) is 79.6 Å². The van der Waals surface area contributed by atoms with E-state index in [-0.39, 0.29) is 6.42 Å². The minimum Gasteiger partial charge on any atom is -0.481 e. The molecule has 0 aliphatic heterocycles. The van der Waals surface area contributed by atoms with E-state index < -0.39 is 5.97 Å². The van der Waals surface area contributed by atoms with Crippen LogP contribution in [-0.4, -0.2) is 66.7 Å². The minimum absolute atomic E-state index is 0.210. The summed E-state index contributed by atoms with van der Waals surface area (Å²) in [4.78, 5) is 12.9. The fourth-order valence-corrected chi connectivity index (χ4v) is 2.34. The molecule has 0 bridgehead atoms. The van der Waals surface area contributed by atoms with Crippen LogP contribution in [0.1, 0.15) is 24.2 Å². The van der Waals surface area contributed by atoms with E-state index in [0.29, 0.717) is 14.0 Å². The van der Waals surface area contributed by atoms with Gasteiger partial charge in [-0.1, -0.05) is 0 Å². The molecule has 0 spiro atoms. The fourth-order valence-electron chi connectivity index (χ4n) is 2.34. The highest BCUT2D eigenvalue weighted by Gasteiger charge is 2.08. The Morgan fingerprint density at radius 2 is 2.23 bits per heavy atom. The normalized spacial score (nSPS) is 11.1. The zero-order valence-corrected chi connectivity index (χ0v) is 13.8. The van der Waals surface area contributed by atoms with E-state index in [1.165, 1.54) is 0 Å². The number of nitrogens with zero attached hydrogens (tertiary/aromatic N) is 3. The van der Waals surface area contributed by atoms with Crippen LogP contribution in [0.15, 0.2) is 6.07 Å². The van der Waals surface area contributed by atoms with E-state index in [2.05, 4.69) is 28.2 Å². The number of hydrogen-bond donors (Lipinski definition) is 2. The summed E-state index contributed by atoms with van der Waals surface area (Å²) in [5.74, 6) is -0.740. The Hall–Kier alpha value is -1.38. The predicted octanol–water partition coefficient (Wildman–Crippen LogP) is 0.169. The van der Waals surface area contributed by atoms with Crippen LogP contribution >= 0.6 is 0 Å². The van der Waals surface area contributed by atoms with Crippen LogP contribution in [0, 0.1) is 13.8 Å². The van der Waals surface area contributed by atoms with Gasteiger partial charge in [0.15, 0.2) is 0 Å². The van der Waals surface area contributed by atoms with Gasteiger partial charge in [-0.25, -0.2) is 0 Å². The van der Waals surface area contributed by atoms with Crippen molar-refractivity contribution in [3.05, 3.63) is 17.5 Å². The molecule has 0 saturated carbocycles. The number of aliphatic carboxylic acids is 1. The van der Waals surface area contributed by atoms with E-state index in [0.717, 1.165) is 44.1 Å². The number of rotatable bonds is 12. The number of carboxylic acid groups (broad SMARTS) is 1. The second-order valence-corrected chi connectivity index (χ2v) is 5.42. The Kier molecular flexibility index (Phi) is 8.80. The molecule has 0 radical (unpaired) electrons. The minimum atomic E-state index is -0.740. The standard InChI is InChI=1S/C14H27BN4O3/c1-12-11-13(2)19(17-12)10-9-18(7-4-5-14(20)21)8-6-16-15-22-3/h11,15-16H,4-10H2,1-3H3,(H,20,21). The van der Waals surface area contributed by atoms with Gasteiger partial charge in [0.2, 0.25) is 0 Å². The summed E-state index contributed by atoms with van der Waals surface area (Å²) in [5.41, 5.74) is 2.18. The molecule has 1 aromatic rings. The molecule has 0 aliphatic carbocycles. The summed E-state index contributed by atoms with van der Waals surface area (Å²) in [6.07, 6.45) is 0.874. The Bertz CT molecular complexity index is 453. The Morgan fingerprint density at radius 3 is 2.82 bits per heavy atom. The van der Waals surface area contributed by atoms with Crippen molar-refractivity contribution in [3.8, 4) is 0 Å². The Morgan fingerprint density at radius 1 is 1.45 bits per heavy atom. The first kappa shape index (κ1) is 18.7. The summed E-state index contributed by atoms with van der Waals surface area (Å²) < 4.78 is 6.96. The first-order valence-electron chi connectivity index (χ1n) is 7.67. The average Bonchev–Trinajstić information content (AvgIpc) is 2.78. The lowest BCUT2D eigenvalue weighted by Gasteiger charge is -2.22. The maximum Gasteiger partial charge on any atom is 0.360 e. The SMILES string of the molecule is COBNCCN(CCCC(=O)O)CCn1nc(C)cc1C. The Balaban J connectivity index is 2.41. The van der Waals surface area contributed by atoms with E-state index in [4.69, 9.17) is 9.76 Å². The van der Waals surface area contributed by atoms with Crippen LogP contribution < -0.4 is 5.23 Å². The van der Waals surface area contributed by atoms with Gasteiger partial charge < -0.3 is 19.9 Å². The molecule has 1 heterocycles. The zero-order valence-electron chi connectivity index (χ0n) is 13.8. The molecule has 0 aromatic carbocycles. The first-order chi connectivity index (χ1) is 10.5. The van der Waals surface area contributed by atoms with Crippen LogP contribution in [-0.2, 0) is 16.0 Å². The van der Waals surface area contributed by atoms with Crippen LogP contribution in [0.25, 0.3) is 0 Å². The van der Waals surface area contributed by atoms with Crippen molar-refractivity contribution in [2.45, 2.75) is 33.2 Å². The van der Waals surface area contributed by atoms with Crippen molar-refractivity contribution in [3.63, 3.8) is 0 Å². The monoisotopic (exact) mass is 310 g/mol. The highest BCUT2D eigenvalue weighted by Crippen LogP contribution is 2.03. The number of carbonyl (C=O) groups is 1. The third kappa shape index (κ3) is 7.58. The molecule has 7 nitrogen and oxygen atoms in total. The smallest absolute Gasteiger partial charge is 0.360 e. The van der Waals surface area contributed by atoms with Crippen molar-refractivity contribution in [1.82, 2.24) is 19.9 Å². The largest absolute Gasteiger partial charge is 0.481 e. The molecule has 8 heteroatoms. The van der Waals surface area contributed by atoms with E-state index in [9.17, 15) is 4.79 Å². The second-order valence-electron chi connectivity index (χ2n) is 5.42. The highest BCUT2D eigenvalue weighted by atomic mass is 16.4. The van der Waals surface area contributed by atoms with E-state index in [1.807, 2.05) is 11.6 Å². The molecular formula is C14H27BN4O3. The molecule has 0 saturated heterocycles. The first-order valence-corrected chi connectivity index (χ1v) is 7.67. The molecule has 0 aliphatic rings. The van der Waals surface area contributed by atoms with Gasteiger partial charge in [-0.2, -0.15) is 5.10 Å². The molecule has 124 valence electrons. The van der Waals surface area contributed by atoms with Crippen molar-refractivity contribution in [1.29, 1.82) is 0 Å². The third-order valence-corrected chi connectivity index (χ3v) is 3.45. The van der Waals surface area contributed by atoms with Crippen LogP contribution in [0.3, 0.4) is 0 Å². The van der Waals surface area contributed by atoms with Gasteiger partial charge in [-0.3, -0.25) is 9.48 Å². The number of hydrogen-bond acceptors (Lipinski definition) is 5. The molecular weight excluding hydrogens is 283 g/mol. The summed E-state index contributed by atoms with van der Waals surface area (Å²) >= 11 is 0.